The average Bonchev–Trinajstić information content (AvgIpc) is 2.71. The molecule has 0 fully saturated rings. The number of benzene rings is 1. The molecule has 106 valence electrons. The summed E-state index contributed by atoms with van der Waals surface area (Å²) in [5.74, 6) is -0.820. The monoisotopic (exact) mass is 280 g/mol. The second-order valence-electron chi connectivity index (χ2n) is 5.37. The van der Waals surface area contributed by atoms with Crippen LogP contribution in [0.1, 0.15) is 27.0 Å². The van der Waals surface area contributed by atoms with Gasteiger partial charge in [0, 0.05) is 18.9 Å². The van der Waals surface area contributed by atoms with Crippen molar-refractivity contribution in [1.29, 1.82) is 0 Å². The maximum absolute atomic E-state index is 12.2. The van der Waals surface area contributed by atoms with Crippen LogP contribution in [0.2, 0.25) is 0 Å². The minimum absolute atomic E-state index is 0.397. The molecule has 0 aliphatic carbocycles. The molecule has 0 saturated heterocycles. The second-order valence-corrected chi connectivity index (χ2v) is 5.37. The molecule has 0 N–H and O–H groups in total. The number of anilines is 1. The van der Waals surface area contributed by atoms with Crippen LogP contribution in [0, 0.1) is 13.8 Å². The van der Waals surface area contributed by atoms with Crippen LogP contribution in [-0.2, 0) is 11.2 Å². The molecule has 0 unspecified atom stereocenters. The molecule has 0 spiro atoms. The van der Waals surface area contributed by atoms with Gasteiger partial charge in [-0.15, -0.1) is 0 Å². The third-order valence-electron chi connectivity index (χ3n) is 3.77. The molecule has 21 heavy (non-hydrogen) atoms. The Bertz CT molecular complexity index is 723. The normalized spacial score (nSPS) is 13.7. The molecule has 1 amide bonds. The van der Waals surface area contributed by atoms with Crippen molar-refractivity contribution in [2.24, 2.45) is 0 Å². The molecule has 4 nitrogen and oxygen atoms in total. The summed E-state index contributed by atoms with van der Waals surface area (Å²) < 4.78 is 0. The lowest BCUT2D eigenvalue weighted by Gasteiger charge is -2.18. The summed E-state index contributed by atoms with van der Waals surface area (Å²) in [4.78, 5) is 29.9. The largest absolute Gasteiger partial charge is 0.304 e. The summed E-state index contributed by atoms with van der Waals surface area (Å²) in [7, 11) is 0. The van der Waals surface area contributed by atoms with Crippen LogP contribution in [-0.4, -0.2) is 23.2 Å². The van der Waals surface area contributed by atoms with Crippen molar-refractivity contribution < 1.29 is 9.59 Å². The highest BCUT2D eigenvalue weighted by atomic mass is 16.2. The number of amides is 1. The average molecular weight is 280 g/mol. The summed E-state index contributed by atoms with van der Waals surface area (Å²) in [6.07, 6.45) is 4.16. The molecule has 0 radical (unpaired) electrons. The molecular weight excluding hydrogens is 264 g/mol. The number of carbonyl (C=O) groups excluding carboxylic acids is 2. The SMILES string of the molecule is Cc1cc(C)c2c(c1)C(=O)C(=O)N2CCc1ccncc1. The number of hydrogen-bond donors (Lipinski definition) is 0. The van der Waals surface area contributed by atoms with Crippen LogP contribution < -0.4 is 4.90 Å². The van der Waals surface area contributed by atoms with E-state index in [-0.39, 0.29) is 0 Å². The Hall–Kier alpha value is -2.49. The van der Waals surface area contributed by atoms with Crippen LogP contribution >= 0.6 is 0 Å². The molecule has 1 aliphatic rings. The zero-order chi connectivity index (χ0) is 15.0. The first kappa shape index (κ1) is 13.5. The molecule has 0 saturated carbocycles. The fourth-order valence-electron chi connectivity index (χ4n) is 2.83. The van der Waals surface area contributed by atoms with Gasteiger partial charge >= 0.3 is 0 Å². The molecule has 3 rings (SSSR count). The van der Waals surface area contributed by atoms with E-state index in [0.717, 1.165) is 22.4 Å². The first-order chi connectivity index (χ1) is 10.1. The van der Waals surface area contributed by atoms with Gasteiger partial charge in [-0.3, -0.25) is 14.6 Å². The van der Waals surface area contributed by atoms with E-state index in [1.165, 1.54) is 0 Å². The van der Waals surface area contributed by atoms with Crippen LogP contribution in [0.15, 0.2) is 36.7 Å². The Morgan fingerprint density at radius 1 is 1.10 bits per heavy atom. The fourth-order valence-corrected chi connectivity index (χ4v) is 2.83. The Balaban J connectivity index is 1.91. The van der Waals surface area contributed by atoms with E-state index in [9.17, 15) is 9.59 Å². The summed E-state index contributed by atoms with van der Waals surface area (Å²) in [6.45, 7) is 4.38. The smallest absolute Gasteiger partial charge is 0.299 e. The lowest BCUT2D eigenvalue weighted by atomic mass is 10.0. The van der Waals surface area contributed by atoms with Crippen LogP contribution in [0.5, 0.6) is 0 Å². The Morgan fingerprint density at radius 3 is 2.52 bits per heavy atom. The van der Waals surface area contributed by atoms with Crippen LogP contribution in [0.25, 0.3) is 0 Å². The van der Waals surface area contributed by atoms with Crippen molar-refractivity contribution in [3.63, 3.8) is 0 Å². The van der Waals surface area contributed by atoms with Crippen LogP contribution in [0.3, 0.4) is 0 Å². The van der Waals surface area contributed by atoms with E-state index in [1.54, 1.807) is 23.4 Å². The highest BCUT2D eigenvalue weighted by Crippen LogP contribution is 2.33. The van der Waals surface area contributed by atoms with E-state index in [2.05, 4.69) is 4.98 Å². The van der Waals surface area contributed by atoms with Crippen molar-refractivity contribution in [2.75, 3.05) is 11.4 Å². The number of aryl methyl sites for hydroxylation is 2. The van der Waals surface area contributed by atoms with Gasteiger partial charge in [0.1, 0.15) is 0 Å². The van der Waals surface area contributed by atoms with Gasteiger partial charge in [-0.1, -0.05) is 6.07 Å². The van der Waals surface area contributed by atoms with Gasteiger partial charge in [-0.25, -0.2) is 0 Å². The van der Waals surface area contributed by atoms with Crippen molar-refractivity contribution in [2.45, 2.75) is 20.3 Å². The number of Topliss-reactive ketones (excluding diaryl/α,β-unsaturated/α-hetero) is 1. The van der Waals surface area contributed by atoms with E-state index in [4.69, 9.17) is 0 Å². The van der Waals surface area contributed by atoms with Gasteiger partial charge in [0.15, 0.2) is 0 Å². The topological polar surface area (TPSA) is 50.3 Å². The lowest BCUT2D eigenvalue weighted by Crippen LogP contribution is -2.32. The number of pyridine rings is 1. The molecule has 1 aromatic heterocycles. The number of aromatic nitrogens is 1. The molecule has 0 atom stereocenters. The first-order valence-corrected chi connectivity index (χ1v) is 6.94. The summed E-state index contributed by atoms with van der Waals surface area (Å²) >= 11 is 0. The number of ketones is 1. The van der Waals surface area contributed by atoms with Gasteiger partial charge in [-0.2, -0.15) is 0 Å². The number of nitrogens with zero attached hydrogens (tertiary/aromatic N) is 2. The summed E-state index contributed by atoms with van der Waals surface area (Å²) in [5, 5.41) is 0. The number of carbonyl (C=O) groups is 2. The van der Waals surface area contributed by atoms with Gasteiger partial charge in [0.25, 0.3) is 11.7 Å². The highest BCUT2D eigenvalue weighted by molar-refractivity contribution is 6.52. The van der Waals surface area contributed by atoms with E-state index < -0.39 is 11.7 Å². The lowest BCUT2D eigenvalue weighted by molar-refractivity contribution is -0.114. The molecule has 1 aliphatic heterocycles. The summed E-state index contributed by atoms with van der Waals surface area (Å²) in [5.41, 5.74) is 4.38. The Morgan fingerprint density at radius 2 is 1.81 bits per heavy atom. The maximum atomic E-state index is 12.2. The van der Waals surface area contributed by atoms with E-state index in [0.29, 0.717) is 18.5 Å². The molecular formula is C17H16N2O2. The second kappa shape index (κ2) is 5.13. The van der Waals surface area contributed by atoms with Gasteiger partial charge in [0.05, 0.1) is 11.3 Å². The van der Waals surface area contributed by atoms with Crippen molar-refractivity contribution >= 4 is 17.4 Å². The standard InChI is InChI=1S/C17H16N2O2/c1-11-9-12(2)15-14(10-11)16(20)17(21)19(15)8-5-13-3-6-18-7-4-13/h3-4,6-7,9-10H,5,8H2,1-2H3. The van der Waals surface area contributed by atoms with E-state index >= 15 is 0 Å². The minimum Gasteiger partial charge on any atom is -0.304 e. The molecule has 4 heteroatoms. The van der Waals surface area contributed by atoms with Gasteiger partial charge < -0.3 is 4.90 Å². The summed E-state index contributed by atoms with van der Waals surface area (Å²) in [6, 6.07) is 7.65. The molecule has 2 heterocycles. The zero-order valence-electron chi connectivity index (χ0n) is 12.1. The third-order valence-corrected chi connectivity index (χ3v) is 3.77. The maximum Gasteiger partial charge on any atom is 0.299 e. The molecule has 2 aromatic rings. The molecule has 1 aromatic carbocycles. The quantitative estimate of drug-likeness (QED) is 0.812. The van der Waals surface area contributed by atoms with Gasteiger partial charge in [-0.05, 0) is 55.2 Å². The molecule has 0 bridgehead atoms. The fraction of sp³-hybridized carbons (Fsp3) is 0.235. The predicted molar refractivity (Wildman–Crippen MR) is 80.5 cm³/mol. The highest BCUT2D eigenvalue weighted by Gasteiger charge is 2.36. The van der Waals surface area contributed by atoms with Gasteiger partial charge in [0.2, 0.25) is 0 Å². The number of rotatable bonds is 3. The van der Waals surface area contributed by atoms with Crippen LogP contribution in [0.4, 0.5) is 5.69 Å². The number of fused-ring (bicyclic) bond motifs is 1. The first-order valence-electron chi connectivity index (χ1n) is 6.94. The van der Waals surface area contributed by atoms with Crippen molar-refractivity contribution in [1.82, 2.24) is 4.98 Å². The predicted octanol–water partition coefficient (Wildman–Crippen LogP) is 2.47. The van der Waals surface area contributed by atoms with E-state index in [1.807, 2.05) is 32.0 Å². The Labute approximate surface area is 123 Å². The van der Waals surface area contributed by atoms with Crippen molar-refractivity contribution in [3.05, 3.63) is 58.9 Å². The van der Waals surface area contributed by atoms with Crippen molar-refractivity contribution in [3.8, 4) is 0 Å². The Kier molecular flexibility index (Phi) is 3.29. The third kappa shape index (κ3) is 2.33. The number of hydrogen-bond acceptors (Lipinski definition) is 3. The zero-order valence-corrected chi connectivity index (χ0v) is 12.1. The minimum atomic E-state index is -0.423.